The van der Waals surface area contributed by atoms with Gasteiger partial charge in [0.25, 0.3) is 0 Å². The minimum atomic E-state index is 0.875. The van der Waals surface area contributed by atoms with E-state index in [2.05, 4.69) is 6.92 Å². The lowest BCUT2D eigenvalue weighted by atomic mass is 10.1. The molecule has 0 aliphatic carbocycles. The zero-order valence-corrected chi connectivity index (χ0v) is 8.05. The van der Waals surface area contributed by atoms with Crippen LogP contribution in [0.3, 0.4) is 0 Å². The van der Waals surface area contributed by atoms with Crippen LogP contribution in [0.4, 0.5) is 0 Å². The molecule has 0 bridgehead atoms. The Hall–Kier alpha value is -0.0800. The molecule has 12 heavy (non-hydrogen) atoms. The molecule has 2 saturated heterocycles. The molecule has 2 rings (SSSR count). The van der Waals surface area contributed by atoms with E-state index in [0.717, 1.165) is 32.3 Å². The Morgan fingerprint density at radius 3 is 2.08 bits per heavy atom. The molecule has 0 N–H and O–H groups in total. The number of hydrogen-bond acceptors (Lipinski definition) is 2. The van der Waals surface area contributed by atoms with Gasteiger partial charge in [0.15, 0.2) is 0 Å². The van der Waals surface area contributed by atoms with Crippen LogP contribution in [-0.4, -0.2) is 26.4 Å². The zero-order valence-electron chi connectivity index (χ0n) is 8.05. The molecule has 1 atom stereocenters. The highest BCUT2D eigenvalue weighted by molar-refractivity contribution is 4.60. The van der Waals surface area contributed by atoms with Crippen LogP contribution >= 0.6 is 0 Å². The summed E-state index contributed by atoms with van der Waals surface area (Å²) < 4.78 is 10.1. The van der Waals surface area contributed by atoms with Crippen molar-refractivity contribution in [2.45, 2.75) is 32.6 Å². The van der Waals surface area contributed by atoms with Gasteiger partial charge in [0, 0.05) is 26.4 Å². The normalized spacial score (nSPS) is 28.2. The molecule has 2 aliphatic rings. The predicted molar refractivity (Wildman–Crippen MR) is 49.3 cm³/mol. The molecule has 2 nitrogen and oxygen atoms in total. The van der Waals surface area contributed by atoms with Gasteiger partial charge in [-0.25, -0.2) is 0 Å². The van der Waals surface area contributed by atoms with E-state index in [9.17, 15) is 0 Å². The van der Waals surface area contributed by atoms with Crippen LogP contribution in [0, 0.1) is 5.92 Å². The molecular formula is C10H20O2. The molecular weight excluding hydrogens is 152 g/mol. The molecule has 2 heteroatoms. The molecule has 0 aromatic carbocycles. The van der Waals surface area contributed by atoms with E-state index in [-0.39, 0.29) is 0 Å². The summed E-state index contributed by atoms with van der Waals surface area (Å²) in [6.45, 7) is 6.23. The summed E-state index contributed by atoms with van der Waals surface area (Å²) >= 11 is 0. The summed E-state index contributed by atoms with van der Waals surface area (Å²) in [4.78, 5) is 0. The molecule has 2 heterocycles. The second kappa shape index (κ2) is 6.44. The summed E-state index contributed by atoms with van der Waals surface area (Å²) in [7, 11) is 0. The van der Waals surface area contributed by atoms with Gasteiger partial charge >= 0.3 is 0 Å². The molecule has 0 saturated carbocycles. The van der Waals surface area contributed by atoms with Crippen LogP contribution in [-0.2, 0) is 9.47 Å². The van der Waals surface area contributed by atoms with Crippen molar-refractivity contribution in [2.24, 2.45) is 5.92 Å². The van der Waals surface area contributed by atoms with Crippen LogP contribution in [0.15, 0.2) is 0 Å². The van der Waals surface area contributed by atoms with Crippen LogP contribution in [0.5, 0.6) is 0 Å². The van der Waals surface area contributed by atoms with Crippen LogP contribution in [0.2, 0.25) is 0 Å². The first kappa shape index (κ1) is 10.0. The van der Waals surface area contributed by atoms with Gasteiger partial charge in [-0.1, -0.05) is 13.3 Å². The van der Waals surface area contributed by atoms with Gasteiger partial charge in [0.2, 0.25) is 0 Å². The molecule has 2 aliphatic heterocycles. The van der Waals surface area contributed by atoms with E-state index in [1.807, 2.05) is 0 Å². The van der Waals surface area contributed by atoms with Gasteiger partial charge in [0.1, 0.15) is 0 Å². The zero-order chi connectivity index (χ0) is 8.65. The van der Waals surface area contributed by atoms with Crippen molar-refractivity contribution in [3.63, 3.8) is 0 Å². The smallest absolute Gasteiger partial charge is 0.0495 e. The molecule has 2 fully saturated rings. The van der Waals surface area contributed by atoms with Crippen molar-refractivity contribution in [1.29, 1.82) is 0 Å². The maximum atomic E-state index is 5.15. The van der Waals surface area contributed by atoms with Gasteiger partial charge in [-0.15, -0.1) is 0 Å². The van der Waals surface area contributed by atoms with Crippen LogP contribution in [0.25, 0.3) is 0 Å². The second-order valence-corrected chi connectivity index (χ2v) is 3.46. The quantitative estimate of drug-likeness (QED) is 0.604. The number of ether oxygens (including phenoxy) is 2. The second-order valence-electron chi connectivity index (χ2n) is 3.46. The number of rotatable bonds is 1. The van der Waals surface area contributed by atoms with Gasteiger partial charge in [0.05, 0.1) is 0 Å². The summed E-state index contributed by atoms with van der Waals surface area (Å²) in [5.41, 5.74) is 0. The van der Waals surface area contributed by atoms with Crippen molar-refractivity contribution < 1.29 is 9.47 Å². The fraction of sp³-hybridized carbons (Fsp3) is 1.00. The topological polar surface area (TPSA) is 18.5 Å². The lowest BCUT2D eigenvalue weighted by Crippen LogP contribution is -1.94. The maximum Gasteiger partial charge on any atom is 0.0495 e. The fourth-order valence-corrected chi connectivity index (χ4v) is 1.42. The van der Waals surface area contributed by atoms with E-state index in [1.165, 1.54) is 25.7 Å². The highest BCUT2D eigenvalue weighted by Gasteiger charge is 2.11. The van der Waals surface area contributed by atoms with Crippen molar-refractivity contribution in [1.82, 2.24) is 0 Å². The molecule has 72 valence electrons. The van der Waals surface area contributed by atoms with Gasteiger partial charge in [-0.05, 0) is 25.2 Å². The SMILES string of the molecule is C1CCOC1.CC[C@@H]1CCOC1. The third kappa shape index (κ3) is 4.07. The van der Waals surface area contributed by atoms with E-state index in [1.54, 1.807) is 0 Å². The van der Waals surface area contributed by atoms with Crippen molar-refractivity contribution in [2.75, 3.05) is 26.4 Å². The molecule has 0 aromatic rings. The third-order valence-electron chi connectivity index (χ3n) is 2.43. The largest absolute Gasteiger partial charge is 0.381 e. The highest BCUT2D eigenvalue weighted by Crippen LogP contribution is 2.14. The molecule has 0 radical (unpaired) electrons. The third-order valence-corrected chi connectivity index (χ3v) is 2.43. The minimum Gasteiger partial charge on any atom is -0.381 e. The Morgan fingerprint density at radius 2 is 1.83 bits per heavy atom. The lowest BCUT2D eigenvalue weighted by Gasteiger charge is -1.97. The minimum absolute atomic E-state index is 0.875. The van der Waals surface area contributed by atoms with Crippen LogP contribution in [0.1, 0.15) is 32.6 Å². The van der Waals surface area contributed by atoms with Gasteiger partial charge in [-0.3, -0.25) is 0 Å². The summed E-state index contributed by atoms with van der Waals surface area (Å²) in [5, 5.41) is 0. The van der Waals surface area contributed by atoms with Crippen molar-refractivity contribution in [3.8, 4) is 0 Å². The molecule has 0 aromatic heterocycles. The van der Waals surface area contributed by atoms with Crippen LogP contribution < -0.4 is 0 Å². The molecule has 0 spiro atoms. The van der Waals surface area contributed by atoms with E-state index in [0.29, 0.717) is 0 Å². The Bertz CT molecular complexity index is 86.4. The monoisotopic (exact) mass is 172 g/mol. The first-order valence-electron chi connectivity index (χ1n) is 5.09. The summed E-state index contributed by atoms with van der Waals surface area (Å²) in [5.74, 6) is 0.875. The van der Waals surface area contributed by atoms with Gasteiger partial charge in [-0.2, -0.15) is 0 Å². The maximum absolute atomic E-state index is 5.15. The van der Waals surface area contributed by atoms with Crippen molar-refractivity contribution in [3.05, 3.63) is 0 Å². The Balaban J connectivity index is 0.000000127. The highest BCUT2D eigenvalue weighted by atomic mass is 16.5. The fourth-order valence-electron chi connectivity index (χ4n) is 1.42. The Morgan fingerprint density at radius 1 is 1.08 bits per heavy atom. The first-order valence-corrected chi connectivity index (χ1v) is 5.09. The summed E-state index contributed by atoms with van der Waals surface area (Å²) in [6.07, 6.45) is 5.14. The molecule has 0 amide bonds. The van der Waals surface area contributed by atoms with E-state index in [4.69, 9.17) is 9.47 Å². The van der Waals surface area contributed by atoms with Gasteiger partial charge < -0.3 is 9.47 Å². The lowest BCUT2D eigenvalue weighted by molar-refractivity contribution is 0.185. The average molecular weight is 172 g/mol. The number of hydrogen-bond donors (Lipinski definition) is 0. The summed E-state index contributed by atoms with van der Waals surface area (Å²) in [6, 6.07) is 0. The predicted octanol–water partition coefficient (Wildman–Crippen LogP) is 2.23. The Kier molecular flexibility index (Phi) is 5.37. The average Bonchev–Trinajstić information content (AvgIpc) is 2.81. The molecule has 0 unspecified atom stereocenters. The van der Waals surface area contributed by atoms with Crippen molar-refractivity contribution >= 4 is 0 Å². The first-order chi connectivity index (χ1) is 5.93. The Labute approximate surface area is 75.2 Å². The van der Waals surface area contributed by atoms with E-state index < -0.39 is 0 Å². The standard InChI is InChI=1S/C6H12O.C4H8O/c1-2-6-3-4-7-5-6;1-2-4-5-3-1/h6H,2-5H2,1H3;1-4H2/t6-;/m1./s1. The van der Waals surface area contributed by atoms with E-state index >= 15 is 0 Å².